The van der Waals surface area contributed by atoms with Crippen LogP contribution >= 0.6 is 0 Å². The molecule has 4 rings (SSSR count). The molecule has 1 aliphatic heterocycles. The first-order valence-electron chi connectivity index (χ1n) is 9.72. The molecule has 6 N–H and O–H groups in total. The number of methoxy groups -OCH3 is 1. The summed E-state index contributed by atoms with van der Waals surface area (Å²) in [5, 5.41) is 0. The highest BCUT2D eigenvalue weighted by atomic mass is 19.4. The number of rotatable bonds is 4. The van der Waals surface area contributed by atoms with Crippen LogP contribution in [-0.4, -0.2) is 40.3 Å². The molecule has 3 aromatic rings. The van der Waals surface area contributed by atoms with Gasteiger partial charge in [-0.2, -0.15) is 13.2 Å². The van der Waals surface area contributed by atoms with Gasteiger partial charge in [0.05, 0.1) is 24.7 Å². The van der Waals surface area contributed by atoms with Gasteiger partial charge in [0.15, 0.2) is 11.2 Å². The molecule has 12 heteroatoms. The van der Waals surface area contributed by atoms with Crippen LogP contribution in [0.5, 0.6) is 5.75 Å². The summed E-state index contributed by atoms with van der Waals surface area (Å²) in [4.78, 5) is 20.7. The van der Waals surface area contributed by atoms with Gasteiger partial charge < -0.3 is 16.2 Å². The Balaban J connectivity index is 2.06. The highest BCUT2D eigenvalue weighted by Gasteiger charge is 2.59. The van der Waals surface area contributed by atoms with Gasteiger partial charge in [0, 0.05) is 12.1 Å². The van der Waals surface area contributed by atoms with Gasteiger partial charge in [-0.25, -0.2) is 15.4 Å². The molecule has 3 heterocycles. The number of benzene rings is 1. The van der Waals surface area contributed by atoms with E-state index in [1.54, 1.807) is 19.1 Å². The van der Waals surface area contributed by atoms with Crippen molar-refractivity contribution in [3.8, 4) is 11.4 Å². The summed E-state index contributed by atoms with van der Waals surface area (Å²) in [6, 6.07) is 3.58. The number of carbonyl (C=O) groups is 1. The maximum Gasteiger partial charge on any atom is 0.413 e. The zero-order valence-corrected chi connectivity index (χ0v) is 17.6. The van der Waals surface area contributed by atoms with Crippen LogP contribution in [0.25, 0.3) is 16.9 Å². The number of aryl methyl sites for hydroxylation is 1. The average Bonchev–Trinajstić information content (AvgIpc) is 3.32. The number of halogens is 3. The van der Waals surface area contributed by atoms with E-state index < -0.39 is 17.6 Å². The standard InChI is InChI=1S/C20H22F3N7O2/c1-9-4-5-11(32-3)10(2)15(9)30-16(24)13(17(25)31)14-18(30)26-8-12(28-14)19(20(21,22)23)6-7-27-29-19/h4-5,8,27,29H,6-7,24H2,1-3H3,(H2,25,31). The molecule has 1 saturated heterocycles. The number of nitrogens with zero attached hydrogens (tertiary/aromatic N) is 3. The first-order valence-corrected chi connectivity index (χ1v) is 9.72. The number of alkyl halides is 3. The summed E-state index contributed by atoms with van der Waals surface area (Å²) < 4.78 is 48.8. The minimum atomic E-state index is -4.67. The molecule has 1 atom stereocenters. The molecular formula is C20H22F3N7O2. The number of nitrogens with two attached hydrogens (primary N) is 2. The van der Waals surface area contributed by atoms with Crippen LogP contribution < -0.4 is 27.1 Å². The molecule has 1 amide bonds. The minimum absolute atomic E-state index is 0.0670. The number of anilines is 1. The van der Waals surface area contributed by atoms with Gasteiger partial charge >= 0.3 is 6.18 Å². The number of nitrogen functional groups attached to an aromatic ring is 1. The van der Waals surface area contributed by atoms with Gasteiger partial charge in [-0.1, -0.05) is 6.07 Å². The highest BCUT2D eigenvalue weighted by molar-refractivity contribution is 6.09. The molecule has 170 valence electrons. The normalized spacial score (nSPS) is 18.9. The van der Waals surface area contributed by atoms with E-state index in [9.17, 15) is 18.0 Å². The van der Waals surface area contributed by atoms with Gasteiger partial charge in [-0.3, -0.25) is 14.8 Å². The minimum Gasteiger partial charge on any atom is -0.496 e. The zero-order chi connectivity index (χ0) is 23.4. The molecule has 0 saturated carbocycles. The number of primary amides is 1. The summed E-state index contributed by atoms with van der Waals surface area (Å²) in [5.74, 6) is -0.425. The van der Waals surface area contributed by atoms with Gasteiger partial charge in [-0.15, -0.1) is 0 Å². The van der Waals surface area contributed by atoms with Crippen LogP contribution in [0.15, 0.2) is 18.3 Å². The number of carbonyl (C=O) groups excluding carboxylic acids is 1. The Bertz CT molecular complexity index is 1230. The maximum atomic E-state index is 14.0. The number of hydrazine groups is 1. The number of amides is 1. The summed E-state index contributed by atoms with van der Waals surface area (Å²) in [7, 11) is 1.51. The van der Waals surface area contributed by atoms with Crippen molar-refractivity contribution >= 4 is 22.9 Å². The van der Waals surface area contributed by atoms with Crippen LogP contribution in [0, 0.1) is 13.8 Å². The molecule has 0 bridgehead atoms. The first kappa shape index (κ1) is 21.8. The van der Waals surface area contributed by atoms with Gasteiger partial charge in [-0.05, 0) is 31.9 Å². The molecule has 0 spiro atoms. The Morgan fingerprint density at radius 3 is 2.59 bits per heavy atom. The van der Waals surface area contributed by atoms with Crippen molar-refractivity contribution in [3.05, 3.63) is 40.7 Å². The quantitative estimate of drug-likeness (QED) is 0.479. The van der Waals surface area contributed by atoms with E-state index in [-0.39, 0.29) is 41.2 Å². The SMILES string of the molecule is COc1ccc(C)c(-n2c(N)c(C(N)=O)c3nc(C4(C(F)(F)F)CCNN4)cnc32)c1C. The summed E-state index contributed by atoms with van der Waals surface area (Å²) in [6.45, 7) is 3.70. The molecular weight excluding hydrogens is 427 g/mol. The second kappa shape index (κ2) is 7.35. The van der Waals surface area contributed by atoms with E-state index >= 15 is 0 Å². The lowest BCUT2D eigenvalue weighted by Gasteiger charge is -2.30. The highest BCUT2D eigenvalue weighted by Crippen LogP contribution is 2.43. The largest absolute Gasteiger partial charge is 0.496 e. The molecule has 1 aromatic carbocycles. The number of aromatic nitrogens is 3. The number of hydrogen-bond donors (Lipinski definition) is 4. The molecule has 9 nitrogen and oxygen atoms in total. The second-order valence-electron chi connectivity index (χ2n) is 7.65. The average molecular weight is 449 g/mol. The number of ether oxygens (including phenoxy) is 1. The monoisotopic (exact) mass is 449 g/mol. The van der Waals surface area contributed by atoms with Crippen molar-refractivity contribution in [1.82, 2.24) is 25.4 Å². The molecule has 2 aromatic heterocycles. The lowest BCUT2D eigenvalue weighted by molar-refractivity contribution is -0.198. The third-order valence-electron chi connectivity index (χ3n) is 5.82. The Labute approximate surface area is 180 Å². The first-order chi connectivity index (χ1) is 15.0. The van der Waals surface area contributed by atoms with Crippen LogP contribution in [-0.2, 0) is 5.54 Å². The van der Waals surface area contributed by atoms with Crippen molar-refractivity contribution in [3.63, 3.8) is 0 Å². The van der Waals surface area contributed by atoms with Crippen molar-refractivity contribution in [2.24, 2.45) is 5.73 Å². The van der Waals surface area contributed by atoms with Crippen LogP contribution in [0.4, 0.5) is 19.0 Å². The number of hydrogen-bond acceptors (Lipinski definition) is 7. The van der Waals surface area contributed by atoms with Crippen molar-refractivity contribution in [1.29, 1.82) is 0 Å². The summed E-state index contributed by atoms with van der Waals surface area (Å²) >= 11 is 0. The molecule has 0 aliphatic carbocycles. The molecule has 1 fully saturated rings. The van der Waals surface area contributed by atoms with Crippen LogP contribution in [0.3, 0.4) is 0 Å². The van der Waals surface area contributed by atoms with E-state index in [4.69, 9.17) is 16.2 Å². The van der Waals surface area contributed by atoms with Gasteiger partial charge in [0.1, 0.15) is 22.6 Å². The smallest absolute Gasteiger partial charge is 0.413 e. The Hall–Kier alpha value is -3.38. The third-order valence-corrected chi connectivity index (χ3v) is 5.82. The lowest BCUT2D eigenvalue weighted by atomic mass is 9.92. The van der Waals surface area contributed by atoms with Crippen molar-refractivity contribution in [2.45, 2.75) is 32.0 Å². The fourth-order valence-corrected chi connectivity index (χ4v) is 4.19. The molecule has 1 aliphatic rings. The van der Waals surface area contributed by atoms with Crippen molar-refractivity contribution in [2.75, 3.05) is 19.4 Å². The Morgan fingerprint density at radius 2 is 2.03 bits per heavy atom. The van der Waals surface area contributed by atoms with E-state index in [2.05, 4.69) is 20.8 Å². The summed E-state index contributed by atoms with van der Waals surface area (Å²) in [6.07, 6.45) is -3.92. The number of nitrogens with one attached hydrogen (secondary N) is 2. The van der Waals surface area contributed by atoms with E-state index in [1.807, 2.05) is 6.92 Å². The fraction of sp³-hybridized carbons (Fsp3) is 0.350. The van der Waals surface area contributed by atoms with Gasteiger partial charge in [0.25, 0.3) is 5.91 Å². The second-order valence-corrected chi connectivity index (χ2v) is 7.65. The molecule has 1 unspecified atom stereocenters. The third kappa shape index (κ3) is 2.98. The predicted octanol–water partition coefficient (Wildman–Crippen LogP) is 1.98. The summed E-state index contributed by atoms with van der Waals surface area (Å²) in [5.41, 5.74) is 15.6. The topological polar surface area (TPSA) is 133 Å². The van der Waals surface area contributed by atoms with Crippen LogP contribution in [0.2, 0.25) is 0 Å². The van der Waals surface area contributed by atoms with Gasteiger partial charge in [0.2, 0.25) is 0 Å². The fourth-order valence-electron chi connectivity index (χ4n) is 4.19. The Kier molecular flexibility index (Phi) is 5.01. The van der Waals surface area contributed by atoms with E-state index in [0.29, 0.717) is 17.0 Å². The number of fused-ring (bicyclic) bond motifs is 1. The maximum absolute atomic E-state index is 14.0. The predicted molar refractivity (Wildman–Crippen MR) is 111 cm³/mol. The Morgan fingerprint density at radius 1 is 1.31 bits per heavy atom. The zero-order valence-electron chi connectivity index (χ0n) is 17.6. The van der Waals surface area contributed by atoms with E-state index in [0.717, 1.165) is 11.8 Å². The lowest BCUT2D eigenvalue weighted by Crippen LogP contribution is -2.53. The molecule has 0 radical (unpaired) electrons. The molecule has 32 heavy (non-hydrogen) atoms. The van der Waals surface area contributed by atoms with Crippen molar-refractivity contribution < 1.29 is 22.7 Å². The van der Waals surface area contributed by atoms with Crippen LogP contribution in [0.1, 0.15) is 33.6 Å². The van der Waals surface area contributed by atoms with E-state index in [1.165, 1.54) is 11.7 Å².